The lowest BCUT2D eigenvalue weighted by molar-refractivity contribution is -0.202. The third kappa shape index (κ3) is 4.01. The Bertz CT molecular complexity index is 587. The van der Waals surface area contributed by atoms with Crippen molar-refractivity contribution in [2.24, 2.45) is 5.41 Å². The van der Waals surface area contributed by atoms with Crippen molar-refractivity contribution in [3.63, 3.8) is 0 Å². The zero-order valence-electron chi connectivity index (χ0n) is 14.6. The number of hydrogen-bond donors (Lipinski definition) is 1. The van der Waals surface area contributed by atoms with Crippen LogP contribution in [0.5, 0.6) is 0 Å². The molecular formula is C19H26FNO3S. The molecule has 1 aromatic rings. The van der Waals surface area contributed by atoms with E-state index in [1.165, 1.54) is 12.1 Å². The van der Waals surface area contributed by atoms with Gasteiger partial charge in [0.1, 0.15) is 5.82 Å². The maximum Gasteiger partial charge on any atom is 0.223 e. The van der Waals surface area contributed by atoms with Gasteiger partial charge in [-0.3, -0.25) is 4.79 Å². The standard InChI is InChI=1S/C19H26FNO3S/c1-24-17-12-16(22)19(17)7-9-21(10-8-19)18(23)6-11-25-13-14-2-4-15(20)5-3-14/h2-5,16-17,22H,6-13H2,1H3/t16-,17+/m0/s1. The van der Waals surface area contributed by atoms with Crippen LogP contribution in [-0.4, -0.2) is 54.1 Å². The van der Waals surface area contributed by atoms with Gasteiger partial charge in [-0.2, -0.15) is 11.8 Å². The molecule has 6 heteroatoms. The number of benzene rings is 1. The van der Waals surface area contributed by atoms with Crippen LogP contribution in [0.15, 0.2) is 24.3 Å². The van der Waals surface area contributed by atoms with Crippen LogP contribution in [0.25, 0.3) is 0 Å². The number of carbonyl (C=O) groups is 1. The molecule has 0 unspecified atom stereocenters. The van der Waals surface area contributed by atoms with E-state index in [-0.39, 0.29) is 29.3 Å². The first-order valence-electron chi connectivity index (χ1n) is 8.86. The Hall–Kier alpha value is -1.11. The molecule has 25 heavy (non-hydrogen) atoms. The fourth-order valence-electron chi connectivity index (χ4n) is 3.97. The summed E-state index contributed by atoms with van der Waals surface area (Å²) in [6, 6.07) is 6.49. The Balaban J connectivity index is 1.37. The molecule has 0 aromatic heterocycles. The largest absolute Gasteiger partial charge is 0.392 e. The highest BCUT2D eigenvalue weighted by Crippen LogP contribution is 2.50. The average Bonchev–Trinajstić information content (AvgIpc) is 2.64. The van der Waals surface area contributed by atoms with E-state index in [9.17, 15) is 14.3 Å². The highest BCUT2D eigenvalue weighted by Gasteiger charge is 2.56. The molecule has 2 atom stereocenters. The van der Waals surface area contributed by atoms with E-state index in [2.05, 4.69) is 0 Å². The van der Waals surface area contributed by atoms with Crippen LogP contribution in [0.3, 0.4) is 0 Å². The normalized spacial score (nSPS) is 25.0. The summed E-state index contributed by atoms with van der Waals surface area (Å²) in [4.78, 5) is 14.3. The molecule has 2 aliphatic rings. The molecule has 1 amide bonds. The van der Waals surface area contributed by atoms with Crippen molar-refractivity contribution in [3.05, 3.63) is 35.6 Å². The first-order chi connectivity index (χ1) is 12.0. The summed E-state index contributed by atoms with van der Waals surface area (Å²) in [5.41, 5.74) is 0.936. The second-order valence-electron chi connectivity index (χ2n) is 7.02. The molecule has 0 bridgehead atoms. The van der Waals surface area contributed by atoms with Gasteiger partial charge in [0.05, 0.1) is 12.2 Å². The van der Waals surface area contributed by atoms with Crippen LogP contribution in [0.2, 0.25) is 0 Å². The molecule has 0 radical (unpaired) electrons. The average molecular weight is 367 g/mol. The van der Waals surface area contributed by atoms with Gasteiger partial charge in [0.25, 0.3) is 0 Å². The van der Waals surface area contributed by atoms with E-state index in [0.717, 1.165) is 29.9 Å². The van der Waals surface area contributed by atoms with Crippen LogP contribution in [0.1, 0.15) is 31.2 Å². The zero-order valence-corrected chi connectivity index (χ0v) is 15.4. The van der Waals surface area contributed by atoms with Crippen LogP contribution in [0, 0.1) is 11.2 Å². The summed E-state index contributed by atoms with van der Waals surface area (Å²) in [5.74, 6) is 1.52. The SMILES string of the molecule is CO[C@@H]1C[C@H](O)C12CCN(C(=O)CCSCc1ccc(F)cc1)CC2. The predicted octanol–water partition coefficient (Wildman–Crippen LogP) is 2.84. The third-order valence-electron chi connectivity index (χ3n) is 5.72. The lowest BCUT2D eigenvalue weighted by atomic mass is 9.58. The number of methoxy groups -OCH3 is 1. The molecule has 1 aromatic carbocycles. The first-order valence-corrected chi connectivity index (χ1v) is 10.0. The second kappa shape index (κ2) is 8.06. The topological polar surface area (TPSA) is 49.8 Å². The number of amides is 1. The predicted molar refractivity (Wildman–Crippen MR) is 96.8 cm³/mol. The molecule has 1 saturated heterocycles. The van der Waals surface area contributed by atoms with Crippen LogP contribution in [-0.2, 0) is 15.3 Å². The monoisotopic (exact) mass is 367 g/mol. The number of piperidine rings is 1. The molecule has 1 aliphatic carbocycles. The Morgan fingerprint density at radius 2 is 2.04 bits per heavy atom. The number of nitrogens with zero attached hydrogens (tertiary/aromatic N) is 1. The fourth-order valence-corrected chi connectivity index (χ4v) is 4.86. The summed E-state index contributed by atoms with van der Waals surface area (Å²) >= 11 is 1.69. The van der Waals surface area contributed by atoms with Gasteiger partial charge in [-0.05, 0) is 30.5 Å². The van der Waals surface area contributed by atoms with Crippen molar-refractivity contribution < 1.29 is 19.0 Å². The van der Waals surface area contributed by atoms with E-state index in [1.54, 1.807) is 31.0 Å². The maximum absolute atomic E-state index is 12.9. The van der Waals surface area contributed by atoms with E-state index in [1.807, 2.05) is 4.90 Å². The lowest BCUT2D eigenvalue weighted by Crippen LogP contribution is -2.62. The highest BCUT2D eigenvalue weighted by molar-refractivity contribution is 7.98. The smallest absolute Gasteiger partial charge is 0.223 e. The fraction of sp³-hybridized carbons (Fsp3) is 0.632. The third-order valence-corrected chi connectivity index (χ3v) is 6.75. The Kier molecular flexibility index (Phi) is 6.02. The molecule has 4 nitrogen and oxygen atoms in total. The summed E-state index contributed by atoms with van der Waals surface area (Å²) in [7, 11) is 1.70. The van der Waals surface area contributed by atoms with E-state index < -0.39 is 0 Å². The maximum atomic E-state index is 12.9. The first kappa shape index (κ1) is 18.7. The van der Waals surface area contributed by atoms with Crippen molar-refractivity contribution >= 4 is 17.7 Å². The molecule has 138 valence electrons. The number of aliphatic hydroxyl groups is 1. The number of carbonyl (C=O) groups excluding carboxylic acids is 1. The number of hydrogen-bond acceptors (Lipinski definition) is 4. The molecule has 3 rings (SSSR count). The number of ether oxygens (including phenoxy) is 1. The molecular weight excluding hydrogens is 341 g/mol. The minimum Gasteiger partial charge on any atom is -0.392 e. The van der Waals surface area contributed by atoms with Crippen LogP contribution < -0.4 is 0 Å². The van der Waals surface area contributed by atoms with Gasteiger partial charge < -0.3 is 14.7 Å². The van der Waals surface area contributed by atoms with Gasteiger partial charge in [-0.25, -0.2) is 4.39 Å². The van der Waals surface area contributed by atoms with Crippen molar-refractivity contribution in [2.45, 2.75) is 43.6 Å². The number of rotatable bonds is 6. The second-order valence-corrected chi connectivity index (χ2v) is 8.12. The number of halogens is 1. The quantitative estimate of drug-likeness (QED) is 0.786. The van der Waals surface area contributed by atoms with E-state index in [4.69, 9.17) is 4.74 Å². The minimum atomic E-state index is -0.291. The summed E-state index contributed by atoms with van der Waals surface area (Å²) in [5, 5.41) is 10.1. The van der Waals surface area contributed by atoms with Crippen LogP contribution >= 0.6 is 11.8 Å². The van der Waals surface area contributed by atoms with E-state index in [0.29, 0.717) is 25.9 Å². The molecule has 1 heterocycles. The highest BCUT2D eigenvalue weighted by atomic mass is 32.2. The molecule has 1 spiro atoms. The van der Waals surface area contributed by atoms with Crippen molar-refractivity contribution in [3.8, 4) is 0 Å². The Morgan fingerprint density at radius 1 is 1.36 bits per heavy atom. The molecule has 1 saturated carbocycles. The zero-order chi connectivity index (χ0) is 17.9. The van der Waals surface area contributed by atoms with Gasteiger partial charge in [0.15, 0.2) is 0 Å². The summed E-state index contributed by atoms with van der Waals surface area (Å²) < 4.78 is 18.3. The number of thioether (sulfide) groups is 1. The summed E-state index contributed by atoms with van der Waals surface area (Å²) in [6.45, 7) is 1.41. The van der Waals surface area contributed by atoms with Gasteiger partial charge >= 0.3 is 0 Å². The van der Waals surface area contributed by atoms with Crippen molar-refractivity contribution in [1.29, 1.82) is 0 Å². The van der Waals surface area contributed by atoms with E-state index >= 15 is 0 Å². The van der Waals surface area contributed by atoms with Crippen LogP contribution in [0.4, 0.5) is 4.39 Å². The van der Waals surface area contributed by atoms with Gasteiger partial charge in [0.2, 0.25) is 5.91 Å². The molecule has 2 fully saturated rings. The summed E-state index contributed by atoms with van der Waals surface area (Å²) in [6.07, 6.45) is 2.72. The molecule has 1 N–H and O–H groups in total. The number of likely N-dealkylation sites (tertiary alicyclic amines) is 1. The van der Waals surface area contributed by atoms with Crippen molar-refractivity contribution in [1.82, 2.24) is 4.90 Å². The number of aliphatic hydroxyl groups excluding tert-OH is 1. The lowest BCUT2D eigenvalue weighted by Gasteiger charge is -2.56. The molecule has 1 aliphatic heterocycles. The Labute approximate surface area is 152 Å². The minimum absolute atomic E-state index is 0.131. The van der Waals surface area contributed by atoms with Gasteiger partial charge in [-0.1, -0.05) is 12.1 Å². The van der Waals surface area contributed by atoms with Crippen molar-refractivity contribution in [2.75, 3.05) is 26.0 Å². The Morgan fingerprint density at radius 3 is 2.64 bits per heavy atom. The van der Waals surface area contributed by atoms with Gasteiger partial charge in [-0.15, -0.1) is 0 Å². The van der Waals surface area contributed by atoms with Gasteiger partial charge in [0, 0.05) is 50.0 Å².